The molecule has 8 heteroatoms. The Labute approximate surface area is 107 Å². The molecule has 1 aromatic carbocycles. The van der Waals surface area contributed by atoms with E-state index in [-0.39, 0.29) is 0 Å². The maximum atomic E-state index is 12.9. The maximum absolute atomic E-state index is 12.9. The van der Waals surface area contributed by atoms with Gasteiger partial charge in [0.05, 0.1) is 16.1 Å². The molecule has 0 radical (unpaired) electrons. The molecule has 1 aromatic heterocycles. The van der Waals surface area contributed by atoms with Crippen molar-refractivity contribution >= 4 is 22.5 Å². The van der Waals surface area contributed by atoms with Crippen LogP contribution in [0.5, 0.6) is 0 Å². The molecule has 0 aliphatic rings. The minimum absolute atomic E-state index is 0.411. The number of hydrogen-bond donors (Lipinski definition) is 0. The van der Waals surface area contributed by atoms with Gasteiger partial charge in [-0.05, 0) is 6.07 Å². The summed E-state index contributed by atoms with van der Waals surface area (Å²) in [5, 5.41) is -1.90. The number of nitrogens with zero attached hydrogens (tertiary/aromatic N) is 1. The molecule has 0 N–H and O–H groups in total. The van der Waals surface area contributed by atoms with Crippen LogP contribution in [0.1, 0.15) is 11.3 Å². The first-order valence-corrected chi connectivity index (χ1v) is 5.23. The zero-order valence-corrected chi connectivity index (χ0v) is 9.66. The topological polar surface area (TPSA) is 12.9 Å². The highest BCUT2D eigenvalue weighted by molar-refractivity contribution is 6.33. The highest BCUT2D eigenvalue weighted by Gasteiger charge is 2.43. The number of halogens is 7. The Hall–Kier alpha value is -1.50. The van der Waals surface area contributed by atoms with Gasteiger partial charge in [0.15, 0.2) is 5.69 Å². The minimum atomic E-state index is -5.05. The Kier molecular flexibility index (Phi) is 3.12. The van der Waals surface area contributed by atoms with Crippen molar-refractivity contribution in [3.63, 3.8) is 0 Å². The number of fused-ring (bicyclic) bond motifs is 1. The van der Waals surface area contributed by atoms with Crippen molar-refractivity contribution in [2.24, 2.45) is 0 Å². The standard InChI is InChI=1S/C11H4ClF6N/c12-8-7(10(13,14)15)5-3-1-2-4-6(5)19-9(8)11(16,17)18/h1-4H. The van der Waals surface area contributed by atoms with Gasteiger partial charge in [-0.15, -0.1) is 0 Å². The molecule has 0 aliphatic heterocycles. The normalized spacial score (nSPS) is 13.0. The van der Waals surface area contributed by atoms with Gasteiger partial charge in [0.25, 0.3) is 0 Å². The molecule has 0 unspecified atom stereocenters. The molecule has 0 atom stereocenters. The van der Waals surface area contributed by atoms with Crippen LogP contribution >= 0.6 is 11.6 Å². The zero-order valence-electron chi connectivity index (χ0n) is 8.90. The van der Waals surface area contributed by atoms with E-state index in [9.17, 15) is 26.3 Å². The second-order valence-corrected chi connectivity index (χ2v) is 4.04. The van der Waals surface area contributed by atoms with Gasteiger partial charge >= 0.3 is 12.4 Å². The Morgan fingerprint density at radius 2 is 1.47 bits per heavy atom. The third-order valence-electron chi connectivity index (χ3n) is 2.39. The van der Waals surface area contributed by atoms with E-state index in [0.29, 0.717) is 0 Å². The quantitative estimate of drug-likeness (QED) is 0.629. The fraction of sp³-hybridized carbons (Fsp3) is 0.182. The van der Waals surface area contributed by atoms with Gasteiger partial charge in [-0.25, -0.2) is 4.98 Å². The fourth-order valence-electron chi connectivity index (χ4n) is 1.65. The first-order valence-electron chi connectivity index (χ1n) is 4.85. The SMILES string of the molecule is FC(F)(F)c1nc2ccccc2c(C(F)(F)F)c1Cl. The predicted octanol–water partition coefficient (Wildman–Crippen LogP) is 4.93. The lowest BCUT2D eigenvalue weighted by molar-refractivity contribution is -0.144. The van der Waals surface area contributed by atoms with E-state index in [1.54, 1.807) is 0 Å². The molecule has 2 rings (SSSR count). The summed E-state index contributed by atoms with van der Waals surface area (Å²) in [6.07, 6.45) is -10.1. The zero-order chi connectivity index (χ0) is 14.4. The van der Waals surface area contributed by atoms with Crippen molar-refractivity contribution in [2.75, 3.05) is 0 Å². The number of para-hydroxylation sites is 1. The highest BCUT2D eigenvalue weighted by Crippen LogP contribution is 2.44. The monoisotopic (exact) mass is 299 g/mol. The van der Waals surface area contributed by atoms with E-state index >= 15 is 0 Å². The third kappa shape index (κ3) is 2.47. The number of aromatic nitrogens is 1. The summed E-state index contributed by atoms with van der Waals surface area (Å²) in [7, 11) is 0. The maximum Gasteiger partial charge on any atom is 0.434 e. The van der Waals surface area contributed by atoms with E-state index in [4.69, 9.17) is 11.6 Å². The van der Waals surface area contributed by atoms with Crippen molar-refractivity contribution in [3.05, 3.63) is 40.5 Å². The Balaban J connectivity index is 2.94. The van der Waals surface area contributed by atoms with Crippen molar-refractivity contribution in [1.29, 1.82) is 0 Å². The van der Waals surface area contributed by atoms with Crippen LogP contribution in [0.2, 0.25) is 5.02 Å². The van der Waals surface area contributed by atoms with Crippen molar-refractivity contribution in [3.8, 4) is 0 Å². The van der Waals surface area contributed by atoms with Gasteiger partial charge in [0, 0.05) is 5.39 Å². The molecule has 19 heavy (non-hydrogen) atoms. The van der Waals surface area contributed by atoms with Gasteiger partial charge in [-0.2, -0.15) is 26.3 Å². The largest absolute Gasteiger partial charge is 0.434 e. The first-order chi connectivity index (χ1) is 8.62. The second-order valence-electron chi connectivity index (χ2n) is 3.66. The van der Waals surface area contributed by atoms with Crippen LogP contribution in [0.25, 0.3) is 10.9 Å². The van der Waals surface area contributed by atoms with Crippen molar-refractivity contribution in [1.82, 2.24) is 4.98 Å². The van der Waals surface area contributed by atoms with Crippen molar-refractivity contribution in [2.45, 2.75) is 12.4 Å². The van der Waals surface area contributed by atoms with E-state index in [1.165, 1.54) is 12.1 Å². The molecule has 0 saturated carbocycles. The molecule has 102 valence electrons. The molecule has 2 aromatic rings. The van der Waals surface area contributed by atoms with Gasteiger partial charge in [-0.3, -0.25) is 0 Å². The molecule has 1 heterocycles. The van der Waals surface area contributed by atoms with Crippen LogP contribution in [0, 0.1) is 0 Å². The third-order valence-corrected chi connectivity index (χ3v) is 2.75. The lowest BCUT2D eigenvalue weighted by atomic mass is 10.1. The molecule has 0 saturated heterocycles. The van der Waals surface area contributed by atoms with Crippen LogP contribution in [0.4, 0.5) is 26.3 Å². The number of hydrogen-bond acceptors (Lipinski definition) is 1. The minimum Gasteiger partial charge on any atom is -0.242 e. The number of rotatable bonds is 0. The van der Waals surface area contributed by atoms with Crippen LogP contribution in [-0.4, -0.2) is 4.98 Å². The number of pyridine rings is 1. The van der Waals surface area contributed by atoms with Gasteiger partial charge in [0.1, 0.15) is 0 Å². The Bertz CT molecular complexity index is 631. The van der Waals surface area contributed by atoms with Crippen LogP contribution < -0.4 is 0 Å². The lowest BCUT2D eigenvalue weighted by Gasteiger charge is -2.16. The smallest absolute Gasteiger partial charge is 0.242 e. The molecule has 0 bridgehead atoms. The molecule has 0 fully saturated rings. The molecule has 1 nitrogen and oxygen atoms in total. The fourth-order valence-corrected chi connectivity index (χ4v) is 2.01. The summed E-state index contributed by atoms with van der Waals surface area (Å²) in [6, 6.07) is 4.65. The van der Waals surface area contributed by atoms with E-state index in [1.807, 2.05) is 0 Å². The van der Waals surface area contributed by atoms with Gasteiger partial charge in [-0.1, -0.05) is 29.8 Å². The van der Waals surface area contributed by atoms with Gasteiger partial charge < -0.3 is 0 Å². The number of benzene rings is 1. The van der Waals surface area contributed by atoms with Crippen LogP contribution in [-0.2, 0) is 12.4 Å². The summed E-state index contributed by atoms with van der Waals surface area (Å²) >= 11 is 5.25. The Morgan fingerprint density at radius 1 is 0.895 bits per heavy atom. The summed E-state index contributed by atoms with van der Waals surface area (Å²) in [5.74, 6) is 0. The highest BCUT2D eigenvalue weighted by atomic mass is 35.5. The van der Waals surface area contributed by atoms with Crippen LogP contribution in [0.15, 0.2) is 24.3 Å². The first kappa shape index (κ1) is 13.9. The van der Waals surface area contributed by atoms with E-state index in [2.05, 4.69) is 4.98 Å². The summed E-state index contributed by atoms with van der Waals surface area (Å²) < 4.78 is 76.5. The average molecular weight is 300 g/mol. The average Bonchev–Trinajstić information content (AvgIpc) is 2.24. The van der Waals surface area contributed by atoms with Crippen LogP contribution in [0.3, 0.4) is 0 Å². The molecular weight excluding hydrogens is 296 g/mol. The predicted molar refractivity (Wildman–Crippen MR) is 56.8 cm³/mol. The lowest BCUT2D eigenvalue weighted by Crippen LogP contribution is -2.15. The second kappa shape index (κ2) is 4.26. The number of alkyl halides is 6. The molecule has 0 spiro atoms. The van der Waals surface area contributed by atoms with E-state index in [0.717, 1.165) is 12.1 Å². The van der Waals surface area contributed by atoms with Gasteiger partial charge in [0.2, 0.25) is 0 Å². The summed E-state index contributed by atoms with van der Waals surface area (Å²) in [4.78, 5) is 3.16. The Morgan fingerprint density at radius 3 is 2.00 bits per heavy atom. The molecule has 0 amide bonds. The summed E-state index contributed by atoms with van der Waals surface area (Å²) in [6.45, 7) is 0. The van der Waals surface area contributed by atoms with E-state index < -0.39 is 39.5 Å². The molecule has 0 aliphatic carbocycles. The summed E-state index contributed by atoms with van der Waals surface area (Å²) in [5.41, 5.74) is -3.67. The molecular formula is C11H4ClF6N. The van der Waals surface area contributed by atoms with Crippen molar-refractivity contribution < 1.29 is 26.3 Å².